The van der Waals surface area contributed by atoms with Crippen LogP contribution in [-0.4, -0.2) is 47.2 Å². The Balaban J connectivity index is 1.73. The first kappa shape index (κ1) is 13.0. The van der Waals surface area contributed by atoms with Crippen molar-refractivity contribution in [3.05, 3.63) is 36.0 Å². The summed E-state index contributed by atoms with van der Waals surface area (Å²) in [6.07, 6.45) is 4.47. The molecule has 4 nitrogen and oxygen atoms in total. The molecule has 2 aliphatic rings. The number of aliphatic hydroxyl groups excluding tert-OH is 1. The van der Waals surface area contributed by atoms with E-state index in [1.807, 2.05) is 12.3 Å². The summed E-state index contributed by atoms with van der Waals surface area (Å²) in [6, 6.07) is 8.98. The molecule has 1 aromatic heterocycles. The van der Waals surface area contributed by atoms with Gasteiger partial charge in [0.2, 0.25) is 0 Å². The van der Waals surface area contributed by atoms with Crippen LogP contribution in [0.1, 0.15) is 18.4 Å². The maximum atomic E-state index is 9.50. The molecule has 0 spiro atoms. The van der Waals surface area contributed by atoms with Crippen LogP contribution in [0.5, 0.6) is 0 Å². The Morgan fingerprint density at radius 2 is 2.00 bits per heavy atom. The van der Waals surface area contributed by atoms with E-state index in [0.717, 1.165) is 41.8 Å². The Morgan fingerprint density at radius 3 is 2.86 bits per heavy atom. The van der Waals surface area contributed by atoms with Crippen molar-refractivity contribution in [2.75, 3.05) is 31.1 Å². The van der Waals surface area contributed by atoms with E-state index in [1.165, 1.54) is 19.4 Å². The first-order chi connectivity index (χ1) is 10.4. The Morgan fingerprint density at radius 1 is 1.14 bits per heavy atom. The molecule has 2 saturated heterocycles. The molecule has 2 aliphatic heterocycles. The minimum atomic E-state index is 0.0458. The molecule has 0 amide bonds. The maximum absolute atomic E-state index is 9.50. The van der Waals surface area contributed by atoms with Crippen LogP contribution in [0.25, 0.3) is 10.8 Å². The van der Waals surface area contributed by atoms with Gasteiger partial charge in [-0.3, -0.25) is 4.90 Å². The summed E-state index contributed by atoms with van der Waals surface area (Å²) in [5.74, 6) is 1.08. The largest absolute Gasteiger partial charge is 0.392 e. The van der Waals surface area contributed by atoms with Gasteiger partial charge in [-0.1, -0.05) is 24.3 Å². The first-order valence-electron chi connectivity index (χ1n) is 7.83. The highest BCUT2D eigenvalue weighted by atomic mass is 16.3. The molecule has 110 valence electrons. The maximum Gasteiger partial charge on any atom is 0.136 e. The highest BCUT2D eigenvalue weighted by Gasteiger charge is 2.31. The lowest BCUT2D eigenvalue weighted by Gasteiger charge is -2.38. The first-order valence-corrected chi connectivity index (χ1v) is 7.83. The molecular formula is C17H21N3O. The molecule has 4 rings (SSSR count). The molecule has 1 N–H and O–H groups in total. The Labute approximate surface area is 125 Å². The molecule has 0 aliphatic carbocycles. The van der Waals surface area contributed by atoms with Crippen LogP contribution in [0.3, 0.4) is 0 Å². The van der Waals surface area contributed by atoms with Gasteiger partial charge in [0, 0.05) is 42.8 Å². The van der Waals surface area contributed by atoms with E-state index in [2.05, 4.69) is 33.0 Å². The van der Waals surface area contributed by atoms with Gasteiger partial charge in [-0.25, -0.2) is 4.98 Å². The Bertz CT molecular complexity index is 658. The molecule has 21 heavy (non-hydrogen) atoms. The molecule has 2 aromatic rings. The van der Waals surface area contributed by atoms with Gasteiger partial charge >= 0.3 is 0 Å². The van der Waals surface area contributed by atoms with E-state index >= 15 is 0 Å². The van der Waals surface area contributed by atoms with Crippen molar-refractivity contribution in [3.8, 4) is 0 Å². The van der Waals surface area contributed by atoms with Crippen LogP contribution in [0.2, 0.25) is 0 Å². The SMILES string of the molecule is OCc1cnc(N2CCN3CCCC3C2)c2ccccc12. The van der Waals surface area contributed by atoms with Gasteiger partial charge in [0.1, 0.15) is 5.82 Å². The van der Waals surface area contributed by atoms with Gasteiger partial charge < -0.3 is 10.0 Å². The number of hydrogen-bond donors (Lipinski definition) is 1. The van der Waals surface area contributed by atoms with Crippen LogP contribution in [0.4, 0.5) is 5.82 Å². The van der Waals surface area contributed by atoms with Gasteiger partial charge in [-0.2, -0.15) is 0 Å². The minimum absolute atomic E-state index is 0.0458. The molecule has 2 fully saturated rings. The number of pyridine rings is 1. The number of aliphatic hydroxyl groups is 1. The number of aromatic nitrogens is 1. The van der Waals surface area contributed by atoms with Crippen LogP contribution < -0.4 is 4.90 Å². The van der Waals surface area contributed by atoms with Crippen molar-refractivity contribution < 1.29 is 5.11 Å². The molecule has 0 saturated carbocycles. The summed E-state index contributed by atoms with van der Waals surface area (Å²) in [4.78, 5) is 9.70. The van der Waals surface area contributed by atoms with Gasteiger partial charge in [-0.05, 0) is 24.8 Å². The van der Waals surface area contributed by atoms with Crippen LogP contribution in [0.15, 0.2) is 30.5 Å². The fourth-order valence-corrected chi connectivity index (χ4v) is 3.80. The zero-order valence-corrected chi connectivity index (χ0v) is 12.2. The van der Waals surface area contributed by atoms with Gasteiger partial charge in [0.25, 0.3) is 0 Å². The predicted octanol–water partition coefficient (Wildman–Crippen LogP) is 2.01. The average molecular weight is 283 g/mol. The number of piperazine rings is 1. The summed E-state index contributed by atoms with van der Waals surface area (Å²) >= 11 is 0. The summed E-state index contributed by atoms with van der Waals surface area (Å²) in [6.45, 7) is 4.57. The summed E-state index contributed by atoms with van der Waals surface area (Å²) in [5.41, 5.74) is 0.911. The van der Waals surface area contributed by atoms with Gasteiger partial charge in [-0.15, -0.1) is 0 Å². The third kappa shape index (κ3) is 2.19. The van der Waals surface area contributed by atoms with Crippen molar-refractivity contribution in [3.63, 3.8) is 0 Å². The number of anilines is 1. The second-order valence-electron chi connectivity index (χ2n) is 6.09. The van der Waals surface area contributed by atoms with Crippen LogP contribution >= 0.6 is 0 Å². The zero-order valence-electron chi connectivity index (χ0n) is 12.2. The molecular weight excluding hydrogens is 262 g/mol. The van der Waals surface area contributed by atoms with Crippen molar-refractivity contribution in [1.29, 1.82) is 0 Å². The van der Waals surface area contributed by atoms with E-state index in [4.69, 9.17) is 0 Å². The Hall–Kier alpha value is -1.65. The lowest BCUT2D eigenvalue weighted by atomic mass is 10.1. The minimum Gasteiger partial charge on any atom is -0.392 e. The predicted molar refractivity (Wildman–Crippen MR) is 84.5 cm³/mol. The molecule has 1 unspecified atom stereocenters. The van der Waals surface area contributed by atoms with Crippen LogP contribution in [-0.2, 0) is 6.61 Å². The van der Waals surface area contributed by atoms with E-state index in [-0.39, 0.29) is 6.61 Å². The quantitative estimate of drug-likeness (QED) is 0.915. The van der Waals surface area contributed by atoms with Crippen molar-refractivity contribution in [2.45, 2.75) is 25.5 Å². The molecule has 4 heteroatoms. The van der Waals surface area contributed by atoms with Crippen molar-refractivity contribution >= 4 is 16.6 Å². The summed E-state index contributed by atoms with van der Waals surface area (Å²) in [7, 11) is 0. The van der Waals surface area contributed by atoms with E-state index in [0.29, 0.717) is 6.04 Å². The highest BCUT2D eigenvalue weighted by molar-refractivity contribution is 5.94. The third-order valence-corrected chi connectivity index (χ3v) is 4.91. The smallest absolute Gasteiger partial charge is 0.136 e. The summed E-state index contributed by atoms with van der Waals surface area (Å²) in [5, 5.41) is 11.8. The number of fused-ring (bicyclic) bond motifs is 2. The number of rotatable bonds is 2. The second-order valence-corrected chi connectivity index (χ2v) is 6.09. The fourth-order valence-electron chi connectivity index (χ4n) is 3.80. The molecule has 1 aromatic carbocycles. The highest BCUT2D eigenvalue weighted by Crippen LogP contribution is 2.30. The second kappa shape index (κ2) is 5.28. The Kier molecular flexibility index (Phi) is 3.28. The summed E-state index contributed by atoms with van der Waals surface area (Å²) < 4.78 is 0. The molecule has 0 bridgehead atoms. The van der Waals surface area contributed by atoms with E-state index in [1.54, 1.807) is 0 Å². The van der Waals surface area contributed by atoms with Crippen molar-refractivity contribution in [1.82, 2.24) is 9.88 Å². The van der Waals surface area contributed by atoms with Gasteiger partial charge in [0.15, 0.2) is 0 Å². The van der Waals surface area contributed by atoms with E-state index < -0.39 is 0 Å². The lowest BCUT2D eigenvalue weighted by molar-refractivity contribution is 0.230. The number of nitrogens with zero attached hydrogens (tertiary/aromatic N) is 3. The normalized spacial score (nSPS) is 22.7. The van der Waals surface area contributed by atoms with Gasteiger partial charge in [0.05, 0.1) is 6.61 Å². The van der Waals surface area contributed by atoms with E-state index in [9.17, 15) is 5.11 Å². The number of benzene rings is 1. The zero-order chi connectivity index (χ0) is 14.2. The molecule has 1 atom stereocenters. The standard InChI is InChI=1S/C17H21N3O/c21-12-13-10-18-17(16-6-2-1-5-15(13)16)20-9-8-19-7-3-4-14(19)11-20/h1-2,5-6,10,14,21H,3-4,7-9,11-12H2. The fraction of sp³-hybridized carbons (Fsp3) is 0.471. The molecule has 3 heterocycles. The monoisotopic (exact) mass is 283 g/mol. The number of hydrogen-bond acceptors (Lipinski definition) is 4. The average Bonchev–Trinajstić information content (AvgIpc) is 3.01. The van der Waals surface area contributed by atoms with Crippen LogP contribution in [0, 0.1) is 0 Å². The van der Waals surface area contributed by atoms with Crippen molar-refractivity contribution in [2.24, 2.45) is 0 Å². The lowest BCUT2D eigenvalue weighted by Crippen LogP contribution is -2.50. The topological polar surface area (TPSA) is 39.6 Å². The third-order valence-electron chi connectivity index (χ3n) is 4.91. The molecule has 0 radical (unpaired) electrons.